The molecule has 1 N–H and O–H groups in total. The van der Waals surface area contributed by atoms with E-state index in [9.17, 15) is 14.7 Å². The summed E-state index contributed by atoms with van der Waals surface area (Å²) in [5.41, 5.74) is 1.17. The summed E-state index contributed by atoms with van der Waals surface area (Å²) in [5.74, 6) is -0.408. The molecule has 36 heavy (non-hydrogen) atoms. The molecule has 0 radical (unpaired) electrons. The number of nitrogens with zero attached hydrogens (tertiary/aromatic N) is 3. The number of aromatic nitrogens is 1. The van der Waals surface area contributed by atoms with Crippen LogP contribution in [0.1, 0.15) is 57.2 Å². The zero-order valence-electron chi connectivity index (χ0n) is 21.7. The van der Waals surface area contributed by atoms with Crippen LogP contribution in [0.4, 0.5) is 0 Å². The van der Waals surface area contributed by atoms with E-state index in [0.717, 1.165) is 32.5 Å². The number of methoxy groups -OCH3 is 1. The predicted molar refractivity (Wildman–Crippen MR) is 139 cm³/mol. The van der Waals surface area contributed by atoms with Crippen LogP contribution in [0.2, 0.25) is 0 Å². The maximum absolute atomic E-state index is 13.2. The Morgan fingerprint density at radius 2 is 1.78 bits per heavy atom. The monoisotopic (exact) mass is 495 g/mol. The van der Waals surface area contributed by atoms with Gasteiger partial charge >= 0.3 is 0 Å². The van der Waals surface area contributed by atoms with E-state index in [-0.39, 0.29) is 11.3 Å². The van der Waals surface area contributed by atoms with Crippen LogP contribution in [0.3, 0.4) is 0 Å². The highest BCUT2D eigenvalue weighted by molar-refractivity contribution is 6.46. The lowest BCUT2D eigenvalue weighted by Gasteiger charge is -2.27. The fourth-order valence-electron chi connectivity index (χ4n) is 4.43. The van der Waals surface area contributed by atoms with Crippen LogP contribution in [0.5, 0.6) is 11.5 Å². The first-order valence-corrected chi connectivity index (χ1v) is 12.7. The van der Waals surface area contributed by atoms with E-state index in [1.54, 1.807) is 36.3 Å². The summed E-state index contributed by atoms with van der Waals surface area (Å²) < 4.78 is 11.4. The summed E-state index contributed by atoms with van der Waals surface area (Å²) in [6.07, 6.45) is 5.71. The van der Waals surface area contributed by atoms with E-state index in [2.05, 4.69) is 30.7 Å². The van der Waals surface area contributed by atoms with Crippen molar-refractivity contribution in [3.05, 3.63) is 59.4 Å². The number of pyridine rings is 1. The summed E-state index contributed by atoms with van der Waals surface area (Å²) in [6.45, 7) is 9.88. The van der Waals surface area contributed by atoms with E-state index in [0.29, 0.717) is 42.2 Å². The van der Waals surface area contributed by atoms with Gasteiger partial charge in [-0.25, -0.2) is 0 Å². The minimum Gasteiger partial charge on any atom is -0.507 e. The Morgan fingerprint density at radius 1 is 1.06 bits per heavy atom. The first-order chi connectivity index (χ1) is 17.5. The van der Waals surface area contributed by atoms with E-state index < -0.39 is 17.7 Å². The molecule has 8 heteroatoms. The minimum absolute atomic E-state index is 0.0655. The molecule has 1 aromatic heterocycles. The van der Waals surface area contributed by atoms with Gasteiger partial charge in [0.25, 0.3) is 11.7 Å². The number of ether oxygens (including phenoxy) is 2. The van der Waals surface area contributed by atoms with Gasteiger partial charge in [-0.3, -0.25) is 14.6 Å². The number of carbonyl (C=O) groups is 2. The number of benzene rings is 1. The fraction of sp³-hybridized carbons (Fsp3) is 0.464. The maximum Gasteiger partial charge on any atom is 0.295 e. The third-order valence-corrected chi connectivity index (χ3v) is 6.52. The van der Waals surface area contributed by atoms with Crippen molar-refractivity contribution in [2.75, 3.05) is 39.9 Å². The highest BCUT2D eigenvalue weighted by Crippen LogP contribution is 2.42. The molecule has 1 aromatic carbocycles. The lowest BCUT2D eigenvalue weighted by molar-refractivity contribution is -0.140. The lowest BCUT2D eigenvalue weighted by Crippen LogP contribution is -2.33. The van der Waals surface area contributed by atoms with Gasteiger partial charge in [0.05, 0.1) is 25.3 Å². The number of unbranched alkanes of at least 4 members (excludes halogenated alkanes) is 1. The Kier molecular flexibility index (Phi) is 9.87. The predicted octanol–water partition coefficient (Wildman–Crippen LogP) is 4.42. The maximum atomic E-state index is 13.2. The number of amides is 1. The van der Waals surface area contributed by atoms with Gasteiger partial charge < -0.3 is 24.4 Å². The highest BCUT2D eigenvalue weighted by Gasteiger charge is 2.46. The smallest absolute Gasteiger partial charge is 0.295 e. The third kappa shape index (κ3) is 6.05. The highest BCUT2D eigenvalue weighted by atomic mass is 16.5. The molecule has 1 unspecified atom stereocenters. The molecule has 0 bridgehead atoms. The van der Waals surface area contributed by atoms with E-state index in [1.807, 2.05) is 6.07 Å². The molecular formula is C28H37N3O5. The quantitative estimate of drug-likeness (QED) is 0.190. The summed E-state index contributed by atoms with van der Waals surface area (Å²) in [7, 11) is 1.56. The molecule has 194 valence electrons. The first-order valence-electron chi connectivity index (χ1n) is 12.7. The van der Waals surface area contributed by atoms with Crippen molar-refractivity contribution in [1.82, 2.24) is 14.8 Å². The molecular weight excluding hydrogens is 458 g/mol. The zero-order valence-corrected chi connectivity index (χ0v) is 21.7. The Hall–Kier alpha value is -3.39. The van der Waals surface area contributed by atoms with Crippen LogP contribution in [-0.2, 0) is 9.59 Å². The zero-order chi connectivity index (χ0) is 26.1. The van der Waals surface area contributed by atoms with Gasteiger partial charge in [-0.05, 0) is 62.3 Å². The molecule has 0 saturated carbocycles. The molecule has 8 nitrogen and oxygen atoms in total. The number of aliphatic hydroxyl groups excluding tert-OH is 1. The second-order valence-corrected chi connectivity index (χ2v) is 8.72. The van der Waals surface area contributed by atoms with Crippen molar-refractivity contribution in [3.63, 3.8) is 0 Å². The topological polar surface area (TPSA) is 92.2 Å². The van der Waals surface area contributed by atoms with Crippen molar-refractivity contribution in [3.8, 4) is 11.5 Å². The molecule has 1 aliphatic heterocycles. The summed E-state index contributed by atoms with van der Waals surface area (Å²) in [5, 5.41) is 11.2. The van der Waals surface area contributed by atoms with Gasteiger partial charge in [-0.1, -0.05) is 33.3 Å². The minimum atomic E-state index is -0.742. The van der Waals surface area contributed by atoms with Crippen LogP contribution in [0, 0.1) is 0 Å². The average Bonchev–Trinajstić information content (AvgIpc) is 3.16. The van der Waals surface area contributed by atoms with Crippen LogP contribution in [0.15, 0.2) is 48.3 Å². The molecule has 1 amide bonds. The van der Waals surface area contributed by atoms with Gasteiger partial charge in [0, 0.05) is 24.5 Å². The molecule has 0 spiro atoms. The van der Waals surface area contributed by atoms with E-state index in [4.69, 9.17) is 9.47 Å². The number of hydrogen-bond acceptors (Lipinski definition) is 7. The first kappa shape index (κ1) is 27.2. The van der Waals surface area contributed by atoms with Crippen LogP contribution < -0.4 is 9.47 Å². The van der Waals surface area contributed by atoms with Gasteiger partial charge in [0.2, 0.25) is 0 Å². The summed E-state index contributed by atoms with van der Waals surface area (Å²) >= 11 is 0. The largest absolute Gasteiger partial charge is 0.507 e. The molecule has 2 heterocycles. The van der Waals surface area contributed by atoms with Gasteiger partial charge in [-0.15, -0.1) is 0 Å². The third-order valence-electron chi connectivity index (χ3n) is 6.52. The van der Waals surface area contributed by atoms with Crippen molar-refractivity contribution in [2.45, 2.75) is 46.1 Å². The molecule has 1 atom stereocenters. The van der Waals surface area contributed by atoms with Crippen molar-refractivity contribution in [2.24, 2.45) is 0 Å². The molecule has 1 aliphatic rings. The van der Waals surface area contributed by atoms with E-state index >= 15 is 0 Å². The number of hydrogen-bond donors (Lipinski definition) is 1. The van der Waals surface area contributed by atoms with Gasteiger partial charge in [-0.2, -0.15) is 0 Å². The number of carbonyl (C=O) groups excluding carboxylic acids is 2. The van der Waals surface area contributed by atoms with Crippen LogP contribution in [-0.4, -0.2) is 71.5 Å². The van der Waals surface area contributed by atoms with Gasteiger partial charge in [0.1, 0.15) is 5.76 Å². The number of ketones is 1. The van der Waals surface area contributed by atoms with Crippen molar-refractivity contribution in [1.29, 1.82) is 0 Å². The molecule has 0 aliphatic carbocycles. The van der Waals surface area contributed by atoms with Gasteiger partial charge in [0.15, 0.2) is 11.5 Å². The van der Waals surface area contributed by atoms with E-state index in [1.165, 1.54) is 12.4 Å². The second kappa shape index (κ2) is 13.1. The number of aliphatic hydroxyl groups is 1. The lowest BCUT2D eigenvalue weighted by atomic mass is 9.95. The molecule has 2 aromatic rings. The Morgan fingerprint density at radius 3 is 2.42 bits per heavy atom. The SMILES string of the molecule is CCCCOc1ccc(C2/C(=C(\O)c3ccncc3)C(=O)C(=O)N2CCCN(CC)CC)cc1OC. The van der Waals surface area contributed by atoms with Crippen molar-refractivity contribution >= 4 is 17.4 Å². The van der Waals surface area contributed by atoms with Crippen LogP contribution >= 0.6 is 0 Å². The Bertz CT molecular complexity index is 1070. The Labute approximate surface area is 213 Å². The van der Waals surface area contributed by atoms with Crippen LogP contribution in [0.25, 0.3) is 5.76 Å². The average molecular weight is 496 g/mol. The summed E-state index contributed by atoms with van der Waals surface area (Å²) in [4.78, 5) is 34.2. The molecule has 1 fully saturated rings. The Balaban J connectivity index is 2.03. The van der Waals surface area contributed by atoms with Crippen molar-refractivity contribution < 1.29 is 24.2 Å². The number of rotatable bonds is 13. The second-order valence-electron chi connectivity index (χ2n) is 8.72. The normalized spacial score (nSPS) is 17.1. The molecule has 1 saturated heterocycles. The standard InChI is InChI=1S/C28H37N3O5/c1-5-8-18-36-22-11-10-21(19-23(22)35-4)25-24(26(32)20-12-14-29-15-13-20)27(33)28(34)31(25)17-9-16-30(6-2)7-3/h10-15,19,25,32H,5-9,16-18H2,1-4H3/b26-24+. The molecule has 3 rings (SSSR count). The summed E-state index contributed by atoms with van der Waals surface area (Å²) in [6, 6.07) is 7.91. The number of Topliss-reactive ketones (excluding diaryl/α,β-unsaturated/α-hetero) is 1. The fourth-order valence-corrected chi connectivity index (χ4v) is 4.43. The number of likely N-dealkylation sites (tertiary alicyclic amines) is 1.